The minimum atomic E-state index is -3.93. The maximum atomic E-state index is 14.1. The minimum absolute atomic E-state index is 0.0198. The van der Waals surface area contributed by atoms with Gasteiger partial charge in [-0.05, 0) is 31.2 Å². The van der Waals surface area contributed by atoms with Crippen molar-refractivity contribution in [1.29, 1.82) is 0 Å². The topological polar surface area (TPSA) is 55.4 Å². The summed E-state index contributed by atoms with van der Waals surface area (Å²) in [5.74, 6) is -0.957. The zero-order valence-electron chi connectivity index (χ0n) is 11.4. The molecular formula is C14H13ClFNO3S. The van der Waals surface area contributed by atoms with Crippen LogP contribution in [0.3, 0.4) is 0 Å². The molecule has 2 rings (SSSR count). The van der Waals surface area contributed by atoms with E-state index >= 15 is 0 Å². The number of ether oxygens (including phenoxy) is 1. The molecule has 21 heavy (non-hydrogen) atoms. The highest BCUT2D eigenvalue weighted by Crippen LogP contribution is 2.33. The van der Waals surface area contributed by atoms with Crippen molar-refractivity contribution in [3.63, 3.8) is 0 Å². The molecule has 4 nitrogen and oxygen atoms in total. The fourth-order valence-electron chi connectivity index (χ4n) is 1.70. The van der Waals surface area contributed by atoms with Gasteiger partial charge in [0, 0.05) is 0 Å². The maximum Gasteiger partial charge on any atom is 0.262 e. The van der Waals surface area contributed by atoms with Crippen molar-refractivity contribution < 1.29 is 17.5 Å². The van der Waals surface area contributed by atoms with E-state index in [0.29, 0.717) is 0 Å². The number of rotatable bonds is 4. The van der Waals surface area contributed by atoms with Crippen LogP contribution in [0.1, 0.15) is 5.56 Å². The molecule has 0 aliphatic rings. The van der Waals surface area contributed by atoms with Gasteiger partial charge in [0.05, 0.1) is 17.0 Å². The zero-order valence-corrected chi connectivity index (χ0v) is 12.9. The zero-order chi connectivity index (χ0) is 15.6. The smallest absolute Gasteiger partial charge is 0.262 e. The summed E-state index contributed by atoms with van der Waals surface area (Å²) >= 11 is 5.85. The maximum absolute atomic E-state index is 14.1. The van der Waals surface area contributed by atoms with Crippen molar-refractivity contribution in [3.05, 3.63) is 52.8 Å². The number of benzene rings is 2. The fraction of sp³-hybridized carbons (Fsp3) is 0.143. The Morgan fingerprint density at radius 2 is 1.76 bits per heavy atom. The molecule has 1 N–H and O–H groups in total. The molecule has 0 aliphatic carbocycles. The molecule has 7 heteroatoms. The van der Waals surface area contributed by atoms with Crippen molar-refractivity contribution >= 4 is 27.3 Å². The summed E-state index contributed by atoms with van der Waals surface area (Å²) in [6.45, 7) is 1.84. The van der Waals surface area contributed by atoms with Crippen LogP contribution in [-0.4, -0.2) is 15.5 Å². The Bertz CT molecular complexity index is 761. The van der Waals surface area contributed by atoms with Crippen LogP contribution in [0.2, 0.25) is 5.02 Å². The highest BCUT2D eigenvalue weighted by molar-refractivity contribution is 7.92. The Labute approximate surface area is 127 Å². The van der Waals surface area contributed by atoms with Crippen molar-refractivity contribution in [2.75, 3.05) is 11.8 Å². The lowest BCUT2D eigenvalue weighted by Crippen LogP contribution is -2.14. The van der Waals surface area contributed by atoms with E-state index in [1.165, 1.54) is 31.4 Å². The fourth-order valence-corrected chi connectivity index (χ4v) is 3.03. The summed E-state index contributed by atoms with van der Waals surface area (Å²) < 4.78 is 45.5. The van der Waals surface area contributed by atoms with Crippen LogP contribution in [0.25, 0.3) is 0 Å². The highest BCUT2D eigenvalue weighted by atomic mass is 35.5. The third-order valence-corrected chi connectivity index (χ3v) is 4.52. The number of hydrogen-bond acceptors (Lipinski definition) is 3. The predicted octanol–water partition coefficient (Wildman–Crippen LogP) is 3.60. The predicted molar refractivity (Wildman–Crippen MR) is 79.9 cm³/mol. The average molecular weight is 330 g/mol. The minimum Gasteiger partial charge on any atom is -0.494 e. The Kier molecular flexibility index (Phi) is 4.39. The summed E-state index contributed by atoms with van der Waals surface area (Å²) in [6, 6.07) is 8.85. The van der Waals surface area contributed by atoms with E-state index in [0.717, 1.165) is 5.56 Å². The van der Waals surface area contributed by atoms with Gasteiger partial charge in [-0.1, -0.05) is 29.3 Å². The van der Waals surface area contributed by atoms with Crippen LogP contribution in [0.15, 0.2) is 41.3 Å². The second-order valence-corrected chi connectivity index (χ2v) is 6.45. The highest BCUT2D eigenvalue weighted by Gasteiger charge is 2.20. The summed E-state index contributed by atoms with van der Waals surface area (Å²) in [5.41, 5.74) is 0.580. The molecule has 0 aromatic heterocycles. The molecule has 2 aromatic carbocycles. The molecule has 0 fully saturated rings. The quantitative estimate of drug-likeness (QED) is 0.932. The van der Waals surface area contributed by atoms with Gasteiger partial charge in [0.2, 0.25) is 0 Å². The molecule has 0 saturated heterocycles. The van der Waals surface area contributed by atoms with Crippen LogP contribution in [0.4, 0.5) is 10.1 Å². The van der Waals surface area contributed by atoms with E-state index in [2.05, 4.69) is 4.72 Å². The second kappa shape index (κ2) is 5.91. The Hall–Kier alpha value is -1.79. The lowest BCUT2D eigenvalue weighted by atomic mass is 10.2. The van der Waals surface area contributed by atoms with Gasteiger partial charge in [-0.3, -0.25) is 4.72 Å². The molecule has 0 heterocycles. The average Bonchev–Trinajstić information content (AvgIpc) is 2.44. The number of methoxy groups -OCH3 is 1. The molecule has 0 bridgehead atoms. The summed E-state index contributed by atoms with van der Waals surface area (Å²) in [7, 11) is -2.65. The molecule has 0 spiro atoms. The van der Waals surface area contributed by atoms with Crippen LogP contribution < -0.4 is 9.46 Å². The van der Waals surface area contributed by atoms with Crippen molar-refractivity contribution in [2.45, 2.75) is 11.8 Å². The molecule has 2 aromatic rings. The second-order valence-electron chi connectivity index (χ2n) is 4.36. The SMILES string of the molecule is COc1ccc(Cl)c(NS(=O)(=O)c2ccc(C)cc2)c1F. The number of anilines is 1. The number of aryl methyl sites for hydroxylation is 1. The molecule has 112 valence electrons. The van der Waals surface area contributed by atoms with Gasteiger partial charge in [0.1, 0.15) is 5.69 Å². The van der Waals surface area contributed by atoms with Gasteiger partial charge in [-0.15, -0.1) is 0 Å². The van der Waals surface area contributed by atoms with Gasteiger partial charge in [0.25, 0.3) is 10.0 Å². The molecular weight excluding hydrogens is 317 g/mol. The number of halogens is 2. The van der Waals surface area contributed by atoms with E-state index in [-0.39, 0.29) is 21.4 Å². The van der Waals surface area contributed by atoms with Crippen molar-refractivity contribution in [2.24, 2.45) is 0 Å². The van der Waals surface area contributed by atoms with Gasteiger partial charge >= 0.3 is 0 Å². The van der Waals surface area contributed by atoms with Gasteiger partial charge in [-0.25, -0.2) is 12.8 Å². The molecule has 0 unspecified atom stereocenters. The van der Waals surface area contributed by atoms with E-state index < -0.39 is 15.8 Å². The van der Waals surface area contributed by atoms with Crippen LogP contribution in [0, 0.1) is 12.7 Å². The first-order valence-electron chi connectivity index (χ1n) is 5.96. The Morgan fingerprint density at radius 3 is 2.33 bits per heavy atom. The van der Waals surface area contributed by atoms with E-state index in [4.69, 9.17) is 16.3 Å². The van der Waals surface area contributed by atoms with Crippen LogP contribution >= 0.6 is 11.6 Å². The van der Waals surface area contributed by atoms with Crippen molar-refractivity contribution in [1.82, 2.24) is 0 Å². The van der Waals surface area contributed by atoms with E-state index in [1.807, 2.05) is 6.92 Å². The third-order valence-electron chi connectivity index (χ3n) is 2.84. The van der Waals surface area contributed by atoms with E-state index in [1.54, 1.807) is 12.1 Å². The first kappa shape index (κ1) is 15.6. The van der Waals surface area contributed by atoms with Gasteiger partial charge < -0.3 is 4.74 Å². The summed E-state index contributed by atoms with van der Waals surface area (Å²) in [4.78, 5) is 0.0198. The van der Waals surface area contributed by atoms with Crippen molar-refractivity contribution in [3.8, 4) is 5.75 Å². The largest absolute Gasteiger partial charge is 0.494 e. The first-order valence-corrected chi connectivity index (χ1v) is 7.83. The molecule has 0 saturated carbocycles. The van der Waals surface area contributed by atoms with Crippen LogP contribution in [-0.2, 0) is 10.0 Å². The lowest BCUT2D eigenvalue weighted by Gasteiger charge is -2.12. The molecule has 0 atom stereocenters. The Balaban J connectivity index is 2.44. The van der Waals surface area contributed by atoms with E-state index in [9.17, 15) is 12.8 Å². The monoisotopic (exact) mass is 329 g/mol. The first-order chi connectivity index (χ1) is 9.85. The normalized spacial score (nSPS) is 11.2. The standard InChI is InChI=1S/C14H13ClFNO3S/c1-9-3-5-10(6-4-9)21(18,19)17-14-11(15)7-8-12(20-2)13(14)16/h3-8,17H,1-2H3. The van der Waals surface area contributed by atoms with Gasteiger partial charge in [0.15, 0.2) is 11.6 Å². The molecule has 0 amide bonds. The van der Waals surface area contributed by atoms with Crippen LogP contribution in [0.5, 0.6) is 5.75 Å². The molecule has 0 aliphatic heterocycles. The summed E-state index contributed by atoms with van der Waals surface area (Å²) in [6.07, 6.45) is 0. The Morgan fingerprint density at radius 1 is 1.14 bits per heavy atom. The number of sulfonamides is 1. The number of hydrogen-bond donors (Lipinski definition) is 1. The third kappa shape index (κ3) is 3.28. The molecule has 0 radical (unpaired) electrons. The summed E-state index contributed by atoms with van der Waals surface area (Å²) in [5, 5.41) is -0.0519. The lowest BCUT2D eigenvalue weighted by molar-refractivity contribution is 0.387. The van der Waals surface area contributed by atoms with Gasteiger partial charge in [-0.2, -0.15) is 0 Å². The number of nitrogens with one attached hydrogen (secondary N) is 1.